The van der Waals surface area contributed by atoms with Crippen molar-refractivity contribution in [3.05, 3.63) is 36.7 Å². The number of rotatable bonds is 7. The Labute approximate surface area is 131 Å². The van der Waals surface area contributed by atoms with Gasteiger partial charge in [-0.3, -0.25) is 0 Å². The lowest BCUT2D eigenvalue weighted by Crippen LogP contribution is -2.39. The van der Waals surface area contributed by atoms with E-state index < -0.39 is 11.6 Å². The summed E-state index contributed by atoms with van der Waals surface area (Å²) in [4.78, 5) is 15.1. The van der Waals surface area contributed by atoms with Gasteiger partial charge in [0.15, 0.2) is 0 Å². The molecule has 0 bridgehead atoms. The van der Waals surface area contributed by atoms with Crippen molar-refractivity contribution in [2.75, 3.05) is 25.6 Å². The van der Waals surface area contributed by atoms with Gasteiger partial charge in [-0.25, -0.2) is 9.78 Å². The molecule has 1 aliphatic rings. The molecule has 1 fully saturated rings. The summed E-state index contributed by atoms with van der Waals surface area (Å²) in [5.74, 6) is 1.38. The fourth-order valence-corrected chi connectivity index (χ4v) is 3.26. The Hall–Kier alpha value is -1.34. The Balaban J connectivity index is 1.64. The number of ether oxygens (including phenoxy) is 3. The normalized spacial score (nSPS) is 16.7. The van der Waals surface area contributed by atoms with Crippen LogP contribution in [0.1, 0.15) is 6.92 Å². The minimum atomic E-state index is -0.636. The lowest BCUT2D eigenvalue weighted by molar-refractivity contribution is -0.0563. The highest BCUT2D eigenvalue weighted by Gasteiger charge is 2.37. The highest BCUT2D eigenvalue weighted by atomic mass is 33.1. The predicted molar refractivity (Wildman–Crippen MR) is 83.1 cm³/mol. The zero-order valence-electron chi connectivity index (χ0n) is 11.7. The fraction of sp³-hybridized carbons (Fsp3) is 0.429. The molecule has 2 heterocycles. The third kappa shape index (κ3) is 4.86. The van der Waals surface area contributed by atoms with Crippen molar-refractivity contribution in [3.8, 4) is 0 Å². The van der Waals surface area contributed by atoms with Crippen LogP contribution in [0.15, 0.2) is 41.8 Å². The first-order valence-corrected chi connectivity index (χ1v) is 8.74. The van der Waals surface area contributed by atoms with Gasteiger partial charge in [-0.1, -0.05) is 23.4 Å². The van der Waals surface area contributed by atoms with Gasteiger partial charge < -0.3 is 14.2 Å². The summed E-state index contributed by atoms with van der Waals surface area (Å²) in [6, 6.07) is 5.81. The van der Waals surface area contributed by atoms with Crippen LogP contribution in [0, 0.1) is 5.41 Å². The first kappa shape index (κ1) is 16.0. The molecule has 0 aliphatic carbocycles. The van der Waals surface area contributed by atoms with Gasteiger partial charge in [0, 0.05) is 11.9 Å². The molecule has 0 amide bonds. The van der Waals surface area contributed by atoms with E-state index >= 15 is 0 Å². The van der Waals surface area contributed by atoms with Crippen LogP contribution in [0.3, 0.4) is 0 Å². The van der Waals surface area contributed by atoms with Crippen molar-refractivity contribution >= 4 is 27.7 Å². The maximum atomic E-state index is 10.9. The van der Waals surface area contributed by atoms with Gasteiger partial charge >= 0.3 is 6.16 Å². The van der Waals surface area contributed by atoms with Crippen molar-refractivity contribution in [1.29, 1.82) is 0 Å². The van der Waals surface area contributed by atoms with Crippen LogP contribution in [-0.2, 0) is 14.2 Å². The number of pyridine rings is 1. The number of cyclic esters (lactones) is 2. The van der Waals surface area contributed by atoms with Crippen LogP contribution in [0.2, 0.25) is 0 Å². The van der Waals surface area contributed by atoms with Gasteiger partial charge in [0.25, 0.3) is 0 Å². The van der Waals surface area contributed by atoms with E-state index in [2.05, 4.69) is 11.6 Å². The van der Waals surface area contributed by atoms with Crippen molar-refractivity contribution in [1.82, 2.24) is 4.98 Å². The van der Waals surface area contributed by atoms with Crippen molar-refractivity contribution in [3.63, 3.8) is 0 Å². The summed E-state index contributed by atoms with van der Waals surface area (Å²) in [6.07, 6.45) is 1.13. The highest BCUT2D eigenvalue weighted by molar-refractivity contribution is 8.76. The molecule has 0 unspecified atom stereocenters. The monoisotopic (exact) mass is 327 g/mol. The van der Waals surface area contributed by atoms with E-state index in [0.717, 1.165) is 10.8 Å². The van der Waals surface area contributed by atoms with Crippen LogP contribution in [0.5, 0.6) is 0 Å². The second-order valence-corrected chi connectivity index (χ2v) is 7.17. The molecule has 0 spiro atoms. The summed E-state index contributed by atoms with van der Waals surface area (Å²) in [5.41, 5.74) is -0.479. The quantitative estimate of drug-likeness (QED) is 0.329. The average Bonchev–Trinajstić information content (AvgIpc) is 2.51. The number of carbonyl (C=O) groups is 1. The van der Waals surface area contributed by atoms with Gasteiger partial charge in [0.2, 0.25) is 0 Å². The SMILES string of the molecule is C=C(OCCSSc1ccccn1)C1(C)COC(=O)OC1. The van der Waals surface area contributed by atoms with E-state index in [1.807, 2.05) is 25.1 Å². The van der Waals surface area contributed by atoms with Crippen LogP contribution in [-0.4, -0.2) is 36.7 Å². The molecule has 1 saturated heterocycles. The maximum Gasteiger partial charge on any atom is 0.508 e. The minimum Gasteiger partial charge on any atom is -0.497 e. The molecule has 1 aliphatic heterocycles. The molecule has 7 heteroatoms. The molecule has 1 aromatic heterocycles. The van der Waals surface area contributed by atoms with Crippen molar-refractivity contribution < 1.29 is 19.0 Å². The standard InChI is InChI=1S/C14H17NO4S2/c1-11(14(2)9-18-13(16)19-10-14)17-7-8-20-21-12-5-3-4-6-15-12/h3-6H,1,7-10H2,2H3. The zero-order chi connectivity index (χ0) is 15.1. The fourth-order valence-electron chi connectivity index (χ4n) is 1.55. The van der Waals surface area contributed by atoms with Gasteiger partial charge in [0.1, 0.15) is 24.0 Å². The highest BCUT2D eigenvalue weighted by Crippen LogP contribution is 2.32. The molecular formula is C14H17NO4S2. The molecule has 5 nitrogen and oxygen atoms in total. The number of aromatic nitrogens is 1. The van der Waals surface area contributed by atoms with Crippen LogP contribution >= 0.6 is 21.6 Å². The van der Waals surface area contributed by atoms with E-state index in [0.29, 0.717) is 12.4 Å². The summed E-state index contributed by atoms with van der Waals surface area (Å²) in [7, 11) is 3.27. The molecule has 0 N–H and O–H groups in total. The molecule has 114 valence electrons. The van der Waals surface area contributed by atoms with Crippen LogP contribution < -0.4 is 0 Å². The van der Waals surface area contributed by atoms with Gasteiger partial charge in [-0.05, 0) is 29.9 Å². The topological polar surface area (TPSA) is 57.7 Å². The van der Waals surface area contributed by atoms with E-state index in [1.165, 1.54) is 0 Å². The molecule has 0 atom stereocenters. The van der Waals surface area contributed by atoms with E-state index in [4.69, 9.17) is 14.2 Å². The molecule has 0 aromatic carbocycles. The molecule has 21 heavy (non-hydrogen) atoms. The first-order valence-electron chi connectivity index (χ1n) is 6.42. The Kier molecular flexibility index (Phi) is 5.81. The second-order valence-electron chi connectivity index (χ2n) is 4.73. The molecule has 0 radical (unpaired) electrons. The molecular weight excluding hydrogens is 310 g/mol. The summed E-state index contributed by atoms with van der Waals surface area (Å²) in [6.45, 7) is 6.82. The van der Waals surface area contributed by atoms with E-state index in [1.54, 1.807) is 27.8 Å². The largest absolute Gasteiger partial charge is 0.508 e. The molecule has 1 aromatic rings. The summed E-state index contributed by atoms with van der Waals surface area (Å²) < 4.78 is 15.4. The number of carbonyl (C=O) groups excluding carboxylic acids is 1. The Bertz CT molecular complexity index is 485. The van der Waals surface area contributed by atoms with Gasteiger partial charge in [-0.2, -0.15) is 0 Å². The number of nitrogens with zero attached hydrogens (tertiary/aromatic N) is 1. The average molecular weight is 327 g/mol. The van der Waals surface area contributed by atoms with Crippen LogP contribution in [0.4, 0.5) is 4.79 Å². The Morgan fingerprint density at radius 3 is 2.90 bits per heavy atom. The Morgan fingerprint density at radius 1 is 1.48 bits per heavy atom. The number of hydrogen-bond donors (Lipinski definition) is 0. The van der Waals surface area contributed by atoms with E-state index in [9.17, 15) is 4.79 Å². The lowest BCUT2D eigenvalue weighted by atomic mass is 9.90. The van der Waals surface area contributed by atoms with Gasteiger partial charge in [-0.15, -0.1) is 0 Å². The van der Waals surface area contributed by atoms with Crippen molar-refractivity contribution in [2.45, 2.75) is 11.9 Å². The lowest BCUT2D eigenvalue weighted by Gasteiger charge is -2.33. The summed E-state index contributed by atoms with van der Waals surface area (Å²) >= 11 is 0. The second kappa shape index (κ2) is 7.61. The summed E-state index contributed by atoms with van der Waals surface area (Å²) in [5, 5.41) is 0.973. The minimum absolute atomic E-state index is 0.237. The zero-order valence-corrected chi connectivity index (χ0v) is 13.4. The third-order valence-electron chi connectivity index (χ3n) is 2.92. The Morgan fingerprint density at radius 2 is 2.24 bits per heavy atom. The van der Waals surface area contributed by atoms with Crippen molar-refractivity contribution in [2.24, 2.45) is 5.41 Å². The van der Waals surface area contributed by atoms with E-state index in [-0.39, 0.29) is 13.2 Å². The predicted octanol–water partition coefficient (Wildman–Crippen LogP) is 3.53. The molecule has 0 saturated carbocycles. The molecule has 2 rings (SSSR count). The van der Waals surface area contributed by atoms with Crippen LogP contribution in [0.25, 0.3) is 0 Å². The maximum absolute atomic E-state index is 10.9. The number of hydrogen-bond acceptors (Lipinski definition) is 7. The van der Waals surface area contributed by atoms with Gasteiger partial charge in [0.05, 0.1) is 12.0 Å². The first-order chi connectivity index (χ1) is 10.1. The third-order valence-corrected chi connectivity index (χ3v) is 5.14. The smallest absolute Gasteiger partial charge is 0.497 e.